The number of ether oxygens (including phenoxy) is 2. The van der Waals surface area contributed by atoms with Gasteiger partial charge in [-0.25, -0.2) is 4.79 Å². The largest absolute Gasteiger partial charge is 0.483 e. The predicted molar refractivity (Wildman–Crippen MR) is 140 cm³/mol. The van der Waals surface area contributed by atoms with E-state index in [1.807, 2.05) is 37.5 Å². The zero-order valence-corrected chi connectivity index (χ0v) is 22.8. The highest BCUT2D eigenvalue weighted by molar-refractivity contribution is 7.99. The molecule has 1 amide bonds. The fraction of sp³-hybridized carbons (Fsp3) is 0.440. The average molecular weight is 517 g/mol. The van der Waals surface area contributed by atoms with Crippen LogP contribution in [0.4, 0.5) is 5.00 Å². The Labute approximate surface area is 214 Å². The van der Waals surface area contributed by atoms with Crippen molar-refractivity contribution in [2.75, 3.05) is 18.2 Å². The van der Waals surface area contributed by atoms with Crippen LogP contribution in [-0.4, -0.2) is 39.5 Å². The van der Waals surface area contributed by atoms with Gasteiger partial charge in [-0.05, 0) is 49.9 Å². The Bertz CT molecular complexity index is 1180. The maximum absolute atomic E-state index is 12.6. The number of rotatable bonds is 9. The lowest BCUT2D eigenvalue weighted by Gasteiger charge is -2.20. The lowest BCUT2D eigenvalue weighted by Crippen LogP contribution is -2.16. The summed E-state index contributed by atoms with van der Waals surface area (Å²) in [4.78, 5) is 25.4. The molecule has 1 unspecified atom stereocenters. The first-order valence-electron chi connectivity index (χ1n) is 11.3. The van der Waals surface area contributed by atoms with Crippen LogP contribution in [0.25, 0.3) is 0 Å². The summed E-state index contributed by atoms with van der Waals surface area (Å²) in [6, 6.07) is 9.80. The van der Waals surface area contributed by atoms with Crippen molar-refractivity contribution < 1.29 is 19.1 Å². The molecular formula is C25H32N4O4S2. The number of thioether (sulfide) groups is 1. The molecule has 0 aliphatic rings. The summed E-state index contributed by atoms with van der Waals surface area (Å²) in [5.41, 5.74) is 1.67. The molecule has 3 rings (SSSR count). The molecule has 0 bridgehead atoms. The van der Waals surface area contributed by atoms with Crippen LogP contribution in [0, 0.1) is 6.92 Å². The minimum absolute atomic E-state index is 0.0775. The van der Waals surface area contributed by atoms with Crippen molar-refractivity contribution in [3.8, 4) is 5.75 Å². The van der Waals surface area contributed by atoms with E-state index in [2.05, 4.69) is 48.4 Å². The molecule has 188 valence electrons. The van der Waals surface area contributed by atoms with Gasteiger partial charge in [0.1, 0.15) is 10.8 Å². The van der Waals surface area contributed by atoms with E-state index >= 15 is 0 Å². The Hall–Kier alpha value is -2.85. The van der Waals surface area contributed by atoms with Crippen molar-refractivity contribution in [3.63, 3.8) is 0 Å². The first-order chi connectivity index (χ1) is 16.5. The molecule has 0 saturated carbocycles. The van der Waals surface area contributed by atoms with Gasteiger partial charge in [-0.2, -0.15) is 0 Å². The summed E-state index contributed by atoms with van der Waals surface area (Å²) < 4.78 is 12.9. The molecule has 8 nitrogen and oxygen atoms in total. The highest BCUT2D eigenvalue weighted by Gasteiger charge is 2.21. The van der Waals surface area contributed by atoms with Gasteiger partial charge in [0.25, 0.3) is 0 Å². The number of nitrogens with one attached hydrogen (secondary N) is 1. The van der Waals surface area contributed by atoms with Crippen molar-refractivity contribution in [3.05, 3.63) is 52.2 Å². The second-order valence-electron chi connectivity index (χ2n) is 9.05. The fourth-order valence-electron chi connectivity index (χ4n) is 3.46. The normalized spacial score (nSPS) is 12.3. The Morgan fingerprint density at radius 2 is 1.89 bits per heavy atom. The second-order valence-corrected chi connectivity index (χ2v) is 11.2. The second kappa shape index (κ2) is 11.3. The number of benzene rings is 1. The van der Waals surface area contributed by atoms with E-state index in [-0.39, 0.29) is 23.2 Å². The highest BCUT2D eigenvalue weighted by atomic mass is 32.2. The summed E-state index contributed by atoms with van der Waals surface area (Å²) in [5.74, 6) is 0.862. The van der Waals surface area contributed by atoms with Gasteiger partial charge in [0.05, 0.1) is 18.4 Å². The third-order valence-electron chi connectivity index (χ3n) is 5.30. The summed E-state index contributed by atoms with van der Waals surface area (Å²) >= 11 is 2.62. The molecule has 10 heteroatoms. The Balaban J connectivity index is 1.64. The van der Waals surface area contributed by atoms with Crippen LogP contribution < -0.4 is 10.1 Å². The van der Waals surface area contributed by atoms with Gasteiger partial charge in [-0.1, -0.05) is 44.7 Å². The number of hydrogen-bond acceptors (Lipinski definition) is 8. The van der Waals surface area contributed by atoms with Crippen LogP contribution >= 0.6 is 23.1 Å². The fourth-order valence-corrected chi connectivity index (χ4v) is 5.18. The minimum Gasteiger partial charge on any atom is -0.483 e. The van der Waals surface area contributed by atoms with Gasteiger partial charge in [-0.3, -0.25) is 4.79 Å². The van der Waals surface area contributed by atoms with Crippen molar-refractivity contribution in [1.29, 1.82) is 0 Å². The number of carbonyl (C=O) groups excluding carboxylic acids is 2. The van der Waals surface area contributed by atoms with Gasteiger partial charge in [0.2, 0.25) is 5.91 Å². The highest BCUT2D eigenvalue weighted by Crippen LogP contribution is 2.30. The maximum atomic E-state index is 12.6. The molecule has 1 N–H and O–H groups in total. The molecule has 0 fully saturated rings. The molecular weight excluding hydrogens is 484 g/mol. The number of thiophene rings is 1. The third-order valence-corrected chi connectivity index (χ3v) is 7.24. The number of carbonyl (C=O) groups is 2. The molecule has 0 saturated heterocycles. The van der Waals surface area contributed by atoms with Crippen molar-refractivity contribution in [2.45, 2.75) is 64.8 Å². The standard InChI is InChI=1S/C25H32N4O4S2/c1-8-29-21(16(3)33-18-11-9-17(10-12-18)25(4,5)6)27-28-24(29)34-14-20(30)26-22-19(23(31)32-7)13-15(2)35-22/h9-13,16H,8,14H2,1-7H3,(H,26,30). The summed E-state index contributed by atoms with van der Waals surface area (Å²) in [5, 5.41) is 12.5. The van der Waals surface area contributed by atoms with Gasteiger partial charge in [-0.15, -0.1) is 21.5 Å². The van der Waals surface area contributed by atoms with E-state index in [1.165, 1.54) is 35.8 Å². The molecule has 1 aromatic carbocycles. The quantitative estimate of drug-likeness (QED) is 0.291. The van der Waals surface area contributed by atoms with Crippen LogP contribution in [-0.2, 0) is 21.5 Å². The van der Waals surface area contributed by atoms with Crippen molar-refractivity contribution in [1.82, 2.24) is 14.8 Å². The third kappa shape index (κ3) is 6.64. The number of aromatic nitrogens is 3. The van der Waals surface area contributed by atoms with E-state index in [1.54, 1.807) is 6.07 Å². The topological polar surface area (TPSA) is 95.3 Å². The minimum atomic E-state index is -0.477. The molecule has 0 aliphatic carbocycles. The summed E-state index contributed by atoms with van der Waals surface area (Å²) in [6.07, 6.45) is -0.317. The first kappa shape index (κ1) is 26.7. The lowest BCUT2D eigenvalue weighted by atomic mass is 9.87. The molecule has 3 aromatic rings. The Kier molecular flexibility index (Phi) is 8.60. The number of anilines is 1. The van der Waals surface area contributed by atoms with Crippen LogP contribution in [0.5, 0.6) is 5.75 Å². The van der Waals surface area contributed by atoms with Gasteiger partial charge in [0.15, 0.2) is 17.1 Å². The van der Waals surface area contributed by atoms with Crippen molar-refractivity contribution >= 4 is 40.0 Å². The zero-order valence-electron chi connectivity index (χ0n) is 21.2. The molecule has 1 atom stereocenters. The number of aryl methyl sites for hydroxylation is 1. The van der Waals surface area contributed by atoms with E-state index in [0.717, 1.165) is 10.6 Å². The smallest absolute Gasteiger partial charge is 0.340 e. The lowest BCUT2D eigenvalue weighted by molar-refractivity contribution is -0.113. The molecule has 2 aromatic heterocycles. The molecule has 0 spiro atoms. The van der Waals surface area contributed by atoms with E-state index in [4.69, 9.17) is 9.47 Å². The van der Waals surface area contributed by atoms with Gasteiger partial charge >= 0.3 is 5.97 Å². The molecule has 35 heavy (non-hydrogen) atoms. The number of methoxy groups -OCH3 is 1. The molecule has 0 aliphatic heterocycles. The van der Waals surface area contributed by atoms with Crippen molar-refractivity contribution in [2.24, 2.45) is 0 Å². The molecule has 2 heterocycles. The zero-order chi connectivity index (χ0) is 25.8. The Morgan fingerprint density at radius 3 is 2.49 bits per heavy atom. The van der Waals surface area contributed by atoms with Crippen LogP contribution in [0.1, 0.15) is 67.3 Å². The van der Waals surface area contributed by atoms with E-state index in [9.17, 15) is 9.59 Å². The maximum Gasteiger partial charge on any atom is 0.340 e. The number of hydrogen-bond donors (Lipinski definition) is 1. The Morgan fingerprint density at radius 1 is 1.20 bits per heavy atom. The number of esters is 1. The average Bonchev–Trinajstić information content (AvgIpc) is 3.39. The predicted octanol–water partition coefficient (Wildman–Crippen LogP) is 5.62. The summed E-state index contributed by atoms with van der Waals surface area (Å²) in [6.45, 7) is 13.0. The van der Waals surface area contributed by atoms with E-state index < -0.39 is 5.97 Å². The van der Waals surface area contributed by atoms with E-state index in [0.29, 0.717) is 28.1 Å². The number of amides is 1. The SMILES string of the molecule is CCn1c(SCC(=O)Nc2sc(C)cc2C(=O)OC)nnc1C(C)Oc1ccc(C(C)(C)C)cc1. The molecule has 0 radical (unpaired) electrons. The van der Waals surface area contributed by atoms with Gasteiger partial charge < -0.3 is 19.4 Å². The van der Waals surface area contributed by atoms with Crippen LogP contribution in [0.2, 0.25) is 0 Å². The first-order valence-corrected chi connectivity index (χ1v) is 13.1. The monoisotopic (exact) mass is 516 g/mol. The number of nitrogens with zero attached hydrogens (tertiary/aromatic N) is 3. The van der Waals surface area contributed by atoms with Crippen LogP contribution in [0.3, 0.4) is 0 Å². The van der Waals surface area contributed by atoms with Gasteiger partial charge in [0, 0.05) is 11.4 Å². The van der Waals surface area contributed by atoms with Crippen LogP contribution in [0.15, 0.2) is 35.5 Å². The summed E-state index contributed by atoms with van der Waals surface area (Å²) in [7, 11) is 1.32.